The molecule has 14 heavy (non-hydrogen) atoms. The highest BCUT2D eigenvalue weighted by Crippen LogP contribution is 2.36. The lowest BCUT2D eigenvalue weighted by Crippen LogP contribution is -1.58. The van der Waals surface area contributed by atoms with Crippen LogP contribution in [0.1, 0.15) is 0 Å². The van der Waals surface area contributed by atoms with Gasteiger partial charge in [0.25, 0.3) is 0 Å². The Balaban J connectivity index is 0.000000165. The molecule has 0 aromatic carbocycles. The van der Waals surface area contributed by atoms with Gasteiger partial charge in [-0.05, 0) is 75.9 Å². The summed E-state index contributed by atoms with van der Waals surface area (Å²) < 4.78 is 3.85. The van der Waals surface area contributed by atoms with E-state index in [1.165, 1.54) is 0 Å². The Labute approximate surface area is 115 Å². The smallest absolute Gasteiger partial charge is 0.0984 e. The fourth-order valence-corrected chi connectivity index (χ4v) is 2.86. The minimum atomic E-state index is 0.932. The third-order valence-corrected chi connectivity index (χ3v) is 5.67. The normalized spacial score (nSPS) is 9.43. The lowest BCUT2D eigenvalue weighted by atomic mass is 10.7. The van der Waals surface area contributed by atoms with Crippen LogP contribution in [0.2, 0.25) is 0 Å². The Bertz CT molecular complexity index is 340. The summed E-state index contributed by atoms with van der Waals surface area (Å²) in [6, 6.07) is 3.89. The Morgan fingerprint density at radius 2 is 1.21 bits per heavy atom. The molecule has 0 atom stereocenters. The van der Waals surface area contributed by atoms with E-state index in [4.69, 9.17) is 0 Å². The molecule has 2 heterocycles. The van der Waals surface area contributed by atoms with Gasteiger partial charge in [0.1, 0.15) is 0 Å². The largest absolute Gasteiger partial charge is 0.368 e. The van der Waals surface area contributed by atoms with Gasteiger partial charge in [-0.2, -0.15) is 0 Å². The van der Waals surface area contributed by atoms with E-state index in [1.807, 2.05) is 24.5 Å². The van der Waals surface area contributed by atoms with Gasteiger partial charge in [-0.25, -0.2) is 0 Å². The van der Waals surface area contributed by atoms with E-state index < -0.39 is 0 Å². The molecule has 6 heteroatoms. The third kappa shape index (κ3) is 3.56. The van der Waals surface area contributed by atoms with Gasteiger partial charge in [-0.1, -0.05) is 0 Å². The number of halogens is 4. The molecule has 0 amide bonds. The summed E-state index contributed by atoms with van der Waals surface area (Å²) >= 11 is 13.3. The average molecular weight is 450 g/mol. The topological polar surface area (TPSA) is 31.6 Å². The highest BCUT2D eigenvalue weighted by molar-refractivity contribution is 9.15. The first-order valence-electron chi connectivity index (χ1n) is 3.58. The van der Waals surface area contributed by atoms with Crippen molar-refractivity contribution in [2.24, 2.45) is 0 Å². The number of nitrogens with one attached hydrogen (secondary N) is 2. The van der Waals surface area contributed by atoms with Crippen LogP contribution in [-0.4, -0.2) is 9.97 Å². The van der Waals surface area contributed by atoms with Gasteiger partial charge in [-0.15, -0.1) is 0 Å². The van der Waals surface area contributed by atoms with Crippen LogP contribution in [0, 0.1) is 0 Å². The van der Waals surface area contributed by atoms with E-state index in [0.717, 1.165) is 18.2 Å². The van der Waals surface area contributed by atoms with Gasteiger partial charge >= 0.3 is 0 Å². The highest BCUT2D eigenvalue weighted by atomic mass is 79.9. The van der Waals surface area contributed by atoms with E-state index >= 15 is 0 Å². The maximum Gasteiger partial charge on any atom is 0.0984 e. The number of hydrogen-bond donors (Lipinski definition) is 2. The SMILES string of the molecule is Brc1[nH]c(Br)c(Br)c1Br.c1cc[nH]c1. The highest BCUT2D eigenvalue weighted by Gasteiger charge is 2.07. The third-order valence-electron chi connectivity index (χ3n) is 1.29. The lowest BCUT2D eigenvalue weighted by molar-refractivity contribution is 1.30. The van der Waals surface area contributed by atoms with E-state index in [1.54, 1.807) is 0 Å². The minimum absolute atomic E-state index is 0.932. The van der Waals surface area contributed by atoms with Crippen molar-refractivity contribution in [1.29, 1.82) is 0 Å². The molecule has 0 radical (unpaired) electrons. The van der Waals surface area contributed by atoms with Crippen LogP contribution >= 0.6 is 63.7 Å². The van der Waals surface area contributed by atoms with Crippen LogP contribution in [0.15, 0.2) is 42.7 Å². The summed E-state index contributed by atoms with van der Waals surface area (Å²) in [6.07, 6.45) is 3.75. The fraction of sp³-hybridized carbons (Fsp3) is 0. The Morgan fingerprint density at radius 3 is 1.36 bits per heavy atom. The van der Waals surface area contributed by atoms with Gasteiger partial charge < -0.3 is 9.97 Å². The zero-order chi connectivity index (χ0) is 10.6. The molecule has 2 nitrogen and oxygen atoms in total. The summed E-state index contributed by atoms with van der Waals surface area (Å²) in [5.41, 5.74) is 0. The molecule has 0 aliphatic carbocycles. The molecule has 2 rings (SSSR count). The minimum Gasteiger partial charge on any atom is -0.368 e. The number of aromatic amines is 2. The van der Waals surface area contributed by atoms with Crippen LogP contribution in [0.3, 0.4) is 0 Å². The standard InChI is InChI=1S/C4HBr4N.C4H5N/c5-1-2(6)4(8)9-3(1)7;1-2-4-5-3-1/h9H;1-5H. The second-order valence-electron chi connectivity index (χ2n) is 2.27. The first-order chi connectivity index (χ1) is 6.63. The van der Waals surface area contributed by atoms with Crippen molar-refractivity contribution in [3.63, 3.8) is 0 Å². The molecule has 0 bridgehead atoms. The van der Waals surface area contributed by atoms with Gasteiger partial charge in [-0.3, -0.25) is 0 Å². The van der Waals surface area contributed by atoms with Crippen molar-refractivity contribution in [2.45, 2.75) is 0 Å². The predicted molar refractivity (Wildman–Crippen MR) is 72.4 cm³/mol. The van der Waals surface area contributed by atoms with Gasteiger partial charge in [0.05, 0.1) is 18.2 Å². The Morgan fingerprint density at radius 1 is 0.786 bits per heavy atom. The Kier molecular flexibility index (Phi) is 5.51. The fourth-order valence-electron chi connectivity index (χ4n) is 0.677. The first kappa shape index (κ1) is 12.5. The number of rotatable bonds is 0. The van der Waals surface area contributed by atoms with E-state index in [2.05, 4.69) is 73.7 Å². The maximum absolute atomic E-state index is 3.34. The zero-order valence-electron chi connectivity index (χ0n) is 6.82. The van der Waals surface area contributed by atoms with Crippen molar-refractivity contribution >= 4 is 63.7 Å². The van der Waals surface area contributed by atoms with Crippen molar-refractivity contribution in [2.75, 3.05) is 0 Å². The second kappa shape index (κ2) is 6.15. The first-order valence-corrected chi connectivity index (χ1v) is 6.76. The molecule has 0 aliphatic rings. The van der Waals surface area contributed by atoms with Gasteiger partial charge in [0, 0.05) is 12.4 Å². The van der Waals surface area contributed by atoms with Crippen molar-refractivity contribution in [1.82, 2.24) is 9.97 Å². The number of hydrogen-bond acceptors (Lipinski definition) is 0. The predicted octanol–water partition coefficient (Wildman–Crippen LogP) is 5.08. The molecule has 0 unspecified atom stereocenters. The van der Waals surface area contributed by atoms with Crippen molar-refractivity contribution in [3.8, 4) is 0 Å². The van der Waals surface area contributed by atoms with Crippen LogP contribution in [0.25, 0.3) is 0 Å². The van der Waals surface area contributed by atoms with Crippen LogP contribution in [-0.2, 0) is 0 Å². The molecule has 2 N–H and O–H groups in total. The molecular formula is C8H6Br4N2. The van der Waals surface area contributed by atoms with E-state index in [9.17, 15) is 0 Å². The molecule has 0 saturated carbocycles. The second-order valence-corrected chi connectivity index (χ2v) is 5.44. The molecule has 2 aromatic heterocycles. The lowest BCUT2D eigenvalue weighted by Gasteiger charge is -1.81. The van der Waals surface area contributed by atoms with Crippen molar-refractivity contribution in [3.05, 3.63) is 42.7 Å². The summed E-state index contributed by atoms with van der Waals surface area (Å²) in [6.45, 7) is 0. The molecule has 0 aliphatic heterocycles. The number of H-pyrrole nitrogens is 2. The number of aromatic nitrogens is 2. The monoisotopic (exact) mass is 446 g/mol. The van der Waals surface area contributed by atoms with E-state index in [-0.39, 0.29) is 0 Å². The van der Waals surface area contributed by atoms with Gasteiger partial charge in [0.2, 0.25) is 0 Å². The Hall–Kier alpha value is 0.480. The molecule has 0 fully saturated rings. The molecule has 76 valence electrons. The zero-order valence-corrected chi connectivity index (χ0v) is 13.2. The van der Waals surface area contributed by atoms with Crippen LogP contribution in [0.5, 0.6) is 0 Å². The van der Waals surface area contributed by atoms with E-state index in [0.29, 0.717) is 0 Å². The molecule has 0 spiro atoms. The maximum atomic E-state index is 3.34. The van der Waals surface area contributed by atoms with Crippen LogP contribution in [0.4, 0.5) is 0 Å². The van der Waals surface area contributed by atoms with Crippen LogP contribution < -0.4 is 0 Å². The summed E-state index contributed by atoms with van der Waals surface area (Å²) in [7, 11) is 0. The molecule has 2 aromatic rings. The summed E-state index contributed by atoms with van der Waals surface area (Å²) in [5.74, 6) is 0. The quantitative estimate of drug-likeness (QED) is 0.562. The summed E-state index contributed by atoms with van der Waals surface area (Å²) in [5, 5.41) is 0. The summed E-state index contributed by atoms with van der Waals surface area (Å²) in [4.78, 5) is 5.88. The van der Waals surface area contributed by atoms with Crippen molar-refractivity contribution < 1.29 is 0 Å². The van der Waals surface area contributed by atoms with Gasteiger partial charge in [0.15, 0.2) is 0 Å². The molecular weight excluding hydrogens is 444 g/mol. The molecule has 0 saturated heterocycles. The average Bonchev–Trinajstić information content (AvgIpc) is 2.78.